The van der Waals surface area contributed by atoms with E-state index in [1.807, 2.05) is 23.1 Å². The van der Waals surface area contributed by atoms with Crippen LogP contribution in [0.25, 0.3) is 0 Å². The molecule has 2 aliphatic rings. The van der Waals surface area contributed by atoms with Crippen molar-refractivity contribution in [2.24, 2.45) is 0 Å². The molecule has 3 heterocycles. The molecular formula is C19H20N2O3. The molecule has 0 saturated carbocycles. The van der Waals surface area contributed by atoms with Crippen molar-refractivity contribution < 1.29 is 14.0 Å². The Hall–Kier alpha value is -2.56. The van der Waals surface area contributed by atoms with Crippen LogP contribution >= 0.6 is 0 Å². The number of benzene rings is 1. The van der Waals surface area contributed by atoms with Gasteiger partial charge in [0.1, 0.15) is 11.8 Å². The lowest BCUT2D eigenvalue weighted by atomic mass is 9.99. The van der Waals surface area contributed by atoms with Crippen LogP contribution < -0.4 is 0 Å². The zero-order valence-electron chi connectivity index (χ0n) is 13.5. The van der Waals surface area contributed by atoms with Crippen LogP contribution in [-0.2, 0) is 29.1 Å². The first kappa shape index (κ1) is 15.0. The summed E-state index contributed by atoms with van der Waals surface area (Å²) in [6.45, 7) is 1.72. The highest BCUT2D eigenvalue weighted by molar-refractivity contribution is 5.91. The second-order valence-electron chi connectivity index (χ2n) is 6.43. The molecule has 1 atom stereocenters. The summed E-state index contributed by atoms with van der Waals surface area (Å²) in [4.78, 5) is 28.8. The number of hydrogen-bond donors (Lipinski definition) is 0. The molecule has 0 aliphatic carbocycles. The molecular weight excluding hydrogens is 304 g/mol. The summed E-state index contributed by atoms with van der Waals surface area (Å²) >= 11 is 0. The molecule has 4 rings (SSSR count). The standard InChI is InChI=1S/C19H20N2O3/c22-18-8-7-17(21(18)13-16-6-3-11-24-16)19(23)20-10-9-14-4-1-2-5-15(14)12-20/h1-6,11,17H,7-10,12-13H2. The quantitative estimate of drug-likeness (QED) is 0.871. The van der Waals surface area contributed by atoms with Gasteiger partial charge in [0.15, 0.2) is 0 Å². The van der Waals surface area contributed by atoms with Crippen molar-refractivity contribution >= 4 is 11.8 Å². The molecule has 0 N–H and O–H groups in total. The molecule has 5 nitrogen and oxygen atoms in total. The molecule has 1 saturated heterocycles. The van der Waals surface area contributed by atoms with E-state index in [1.54, 1.807) is 17.2 Å². The average Bonchev–Trinajstić information content (AvgIpc) is 3.25. The Labute approximate surface area is 140 Å². The first-order valence-corrected chi connectivity index (χ1v) is 8.40. The first-order valence-electron chi connectivity index (χ1n) is 8.40. The van der Waals surface area contributed by atoms with E-state index in [-0.39, 0.29) is 17.9 Å². The topological polar surface area (TPSA) is 53.8 Å². The van der Waals surface area contributed by atoms with Crippen LogP contribution in [0.2, 0.25) is 0 Å². The van der Waals surface area contributed by atoms with Crippen LogP contribution in [0.3, 0.4) is 0 Å². The van der Waals surface area contributed by atoms with Gasteiger partial charge in [0.05, 0.1) is 12.8 Å². The third-order valence-electron chi connectivity index (χ3n) is 4.96. The minimum Gasteiger partial charge on any atom is -0.467 e. The Balaban J connectivity index is 1.50. The van der Waals surface area contributed by atoms with Crippen LogP contribution in [0.15, 0.2) is 47.1 Å². The summed E-state index contributed by atoms with van der Waals surface area (Å²) < 4.78 is 5.35. The van der Waals surface area contributed by atoms with Crippen LogP contribution in [0.4, 0.5) is 0 Å². The predicted molar refractivity (Wildman–Crippen MR) is 87.8 cm³/mol. The Morgan fingerprint density at radius 1 is 1.12 bits per heavy atom. The largest absolute Gasteiger partial charge is 0.467 e. The normalized spacial score (nSPS) is 20.3. The molecule has 1 unspecified atom stereocenters. The monoisotopic (exact) mass is 324 g/mol. The lowest BCUT2D eigenvalue weighted by Gasteiger charge is -2.33. The summed E-state index contributed by atoms with van der Waals surface area (Å²) in [5.41, 5.74) is 2.52. The smallest absolute Gasteiger partial charge is 0.245 e. The van der Waals surface area contributed by atoms with Crippen molar-refractivity contribution in [1.29, 1.82) is 0 Å². The van der Waals surface area contributed by atoms with Gasteiger partial charge in [-0.2, -0.15) is 0 Å². The van der Waals surface area contributed by atoms with Gasteiger partial charge in [-0.15, -0.1) is 0 Å². The third-order valence-corrected chi connectivity index (χ3v) is 4.96. The van der Waals surface area contributed by atoms with E-state index in [4.69, 9.17) is 4.42 Å². The summed E-state index contributed by atoms with van der Waals surface area (Å²) in [6, 6.07) is 11.5. The predicted octanol–water partition coefficient (Wildman–Crippen LogP) is 2.36. The van der Waals surface area contributed by atoms with Crippen molar-refractivity contribution in [1.82, 2.24) is 9.80 Å². The van der Waals surface area contributed by atoms with Gasteiger partial charge >= 0.3 is 0 Å². The average molecular weight is 324 g/mol. The fourth-order valence-corrected chi connectivity index (χ4v) is 3.65. The Morgan fingerprint density at radius 3 is 2.75 bits per heavy atom. The second-order valence-corrected chi connectivity index (χ2v) is 6.43. The van der Waals surface area contributed by atoms with Gasteiger partial charge in [-0.25, -0.2) is 0 Å². The maximum Gasteiger partial charge on any atom is 0.245 e. The molecule has 1 aromatic carbocycles. The second kappa shape index (κ2) is 6.15. The molecule has 0 bridgehead atoms. The number of amides is 2. The highest BCUT2D eigenvalue weighted by Gasteiger charge is 2.39. The maximum absolute atomic E-state index is 13.0. The molecule has 5 heteroatoms. The zero-order chi connectivity index (χ0) is 16.5. The van der Waals surface area contributed by atoms with E-state index in [9.17, 15) is 9.59 Å². The minimum absolute atomic E-state index is 0.0298. The number of carbonyl (C=O) groups is 2. The SMILES string of the molecule is O=C(C1CCC(=O)N1Cc1ccco1)N1CCc2ccccc2C1. The molecule has 2 amide bonds. The van der Waals surface area contributed by atoms with Crippen molar-refractivity contribution in [3.05, 3.63) is 59.5 Å². The number of rotatable bonds is 3. The Bertz CT molecular complexity index is 754. The van der Waals surface area contributed by atoms with Crippen molar-refractivity contribution in [2.45, 2.75) is 38.4 Å². The number of nitrogens with zero attached hydrogens (tertiary/aromatic N) is 2. The highest BCUT2D eigenvalue weighted by atomic mass is 16.3. The van der Waals surface area contributed by atoms with Crippen molar-refractivity contribution in [3.63, 3.8) is 0 Å². The molecule has 2 aromatic rings. The van der Waals surface area contributed by atoms with E-state index in [1.165, 1.54) is 11.1 Å². The molecule has 1 fully saturated rings. The summed E-state index contributed by atoms with van der Waals surface area (Å²) in [6.07, 6.45) is 3.49. The van der Waals surface area contributed by atoms with Gasteiger partial charge < -0.3 is 14.2 Å². The Morgan fingerprint density at radius 2 is 1.96 bits per heavy atom. The summed E-state index contributed by atoms with van der Waals surface area (Å²) in [7, 11) is 0. The number of hydrogen-bond acceptors (Lipinski definition) is 3. The van der Waals surface area contributed by atoms with Crippen LogP contribution in [-0.4, -0.2) is 34.2 Å². The van der Waals surface area contributed by atoms with Gasteiger partial charge in [-0.05, 0) is 36.1 Å². The lowest BCUT2D eigenvalue weighted by molar-refractivity contribution is -0.142. The van der Waals surface area contributed by atoms with E-state index >= 15 is 0 Å². The molecule has 0 spiro atoms. The van der Waals surface area contributed by atoms with Crippen LogP contribution in [0, 0.1) is 0 Å². The summed E-state index contributed by atoms with van der Waals surface area (Å²) in [5.74, 6) is 0.802. The summed E-state index contributed by atoms with van der Waals surface area (Å²) in [5, 5.41) is 0. The van der Waals surface area contributed by atoms with Gasteiger partial charge in [-0.1, -0.05) is 24.3 Å². The molecule has 0 radical (unpaired) electrons. The fraction of sp³-hybridized carbons (Fsp3) is 0.368. The number of fused-ring (bicyclic) bond motifs is 1. The third kappa shape index (κ3) is 2.70. The van der Waals surface area contributed by atoms with E-state index < -0.39 is 0 Å². The van der Waals surface area contributed by atoms with E-state index in [0.29, 0.717) is 31.7 Å². The van der Waals surface area contributed by atoms with Crippen molar-refractivity contribution in [2.75, 3.05) is 6.54 Å². The molecule has 2 aliphatic heterocycles. The minimum atomic E-state index is -0.368. The van der Waals surface area contributed by atoms with Gasteiger partial charge in [0.25, 0.3) is 0 Å². The van der Waals surface area contributed by atoms with Gasteiger partial charge in [0.2, 0.25) is 11.8 Å². The maximum atomic E-state index is 13.0. The van der Waals surface area contributed by atoms with Crippen molar-refractivity contribution in [3.8, 4) is 0 Å². The number of likely N-dealkylation sites (tertiary alicyclic amines) is 1. The number of carbonyl (C=O) groups excluding carboxylic acids is 2. The Kier molecular flexibility index (Phi) is 3.84. The fourth-order valence-electron chi connectivity index (χ4n) is 3.65. The number of furan rings is 1. The van der Waals surface area contributed by atoms with Gasteiger partial charge in [-0.3, -0.25) is 9.59 Å². The van der Waals surface area contributed by atoms with Crippen LogP contribution in [0.5, 0.6) is 0 Å². The van der Waals surface area contributed by atoms with E-state index in [0.717, 1.165) is 13.0 Å². The molecule has 124 valence electrons. The zero-order valence-corrected chi connectivity index (χ0v) is 13.5. The van der Waals surface area contributed by atoms with Crippen LogP contribution in [0.1, 0.15) is 29.7 Å². The molecule has 1 aromatic heterocycles. The molecule has 24 heavy (non-hydrogen) atoms. The van der Waals surface area contributed by atoms with E-state index in [2.05, 4.69) is 12.1 Å². The first-order chi connectivity index (χ1) is 11.7. The lowest BCUT2D eigenvalue weighted by Crippen LogP contribution is -2.47. The highest BCUT2D eigenvalue weighted by Crippen LogP contribution is 2.26. The van der Waals surface area contributed by atoms with Gasteiger partial charge in [0, 0.05) is 19.5 Å².